The van der Waals surface area contributed by atoms with Crippen molar-refractivity contribution >= 4 is 35.1 Å². The van der Waals surface area contributed by atoms with Gasteiger partial charge in [0.25, 0.3) is 0 Å². The van der Waals surface area contributed by atoms with E-state index in [-0.39, 0.29) is 16.0 Å². The van der Waals surface area contributed by atoms with Crippen LogP contribution in [0.2, 0.25) is 0 Å². The van der Waals surface area contributed by atoms with Gasteiger partial charge < -0.3 is 9.84 Å². The van der Waals surface area contributed by atoms with Gasteiger partial charge in [-0.25, -0.2) is 9.59 Å². The van der Waals surface area contributed by atoms with Crippen LogP contribution in [0.3, 0.4) is 0 Å². The number of aliphatic carboxylic acids is 1. The van der Waals surface area contributed by atoms with Gasteiger partial charge in [0.2, 0.25) is 0 Å². The molecule has 0 heterocycles. The molecule has 0 spiro atoms. The maximum atomic E-state index is 10.1. The number of hydrogen-bond donors (Lipinski definition) is 1. The van der Waals surface area contributed by atoms with Crippen molar-refractivity contribution in [2.24, 2.45) is 0 Å². The highest BCUT2D eigenvalue weighted by Crippen LogP contribution is 1.98. The van der Waals surface area contributed by atoms with E-state index in [9.17, 15) is 9.59 Å². The average molecular weight is 283 g/mol. The fourth-order valence-electron chi connectivity index (χ4n) is 0.201. The first kappa shape index (κ1) is 21.1. The van der Waals surface area contributed by atoms with Crippen molar-refractivity contribution in [3.8, 4) is 0 Å². The number of rotatable bonds is 3. The summed E-state index contributed by atoms with van der Waals surface area (Å²) in [6, 6.07) is 0. The van der Waals surface area contributed by atoms with Gasteiger partial charge in [0.15, 0.2) is 0 Å². The third-order valence-corrected chi connectivity index (χ3v) is 0.818. The second-order valence-electron chi connectivity index (χ2n) is 2.38. The summed E-state index contributed by atoms with van der Waals surface area (Å²) in [4.78, 5) is 19.7. The third-order valence-electron chi connectivity index (χ3n) is 0.818. The Morgan fingerprint density at radius 1 is 1.35 bits per heavy atom. The number of hydrogen-bond acceptors (Lipinski definition) is 3. The van der Waals surface area contributed by atoms with Crippen molar-refractivity contribution in [3.63, 3.8) is 0 Å². The van der Waals surface area contributed by atoms with E-state index in [1.165, 1.54) is 6.92 Å². The Labute approximate surface area is 111 Å². The maximum Gasteiger partial charge on any atom is 0.330 e. The van der Waals surface area contributed by atoms with Crippen molar-refractivity contribution in [2.75, 3.05) is 6.61 Å². The second-order valence-corrected chi connectivity index (χ2v) is 3.49. The minimum atomic E-state index is -0.935. The lowest BCUT2D eigenvalue weighted by molar-refractivity contribution is -0.137. The molecule has 0 saturated carbocycles. The van der Waals surface area contributed by atoms with Crippen LogP contribution in [0.4, 0.5) is 0 Å². The third kappa shape index (κ3) is 39.9. The van der Waals surface area contributed by atoms with Gasteiger partial charge in [-0.3, -0.25) is 0 Å². The van der Waals surface area contributed by atoms with E-state index in [4.69, 9.17) is 28.3 Å². The number of carbonyl (C=O) groups is 2. The Hall–Kier alpha value is -1.26. The normalized spacial score (nSPS) is 7.29. The molecule has 0 aromatic heterocycles. The summed E-state index contributed by atoms with van der Waals surface area (Å²) in [5.41, 5.74) is 0.176. The largest absolute Gasteiger partial charge is 0.478 e. The summed E-state index contributed by atoms with van der Waals surface area (Å²) in [6.07, 6.45) is 1.14. The molecule has 6 heteroatoms. The van der Waals surface area contributed by atoms with E-state index in [0.29, 0.717) is 6.61 Å². The number of carboxylic acids is 1. The molecule has 0 atom stereocenters. The van der Waals surface area contributed by atoms with Gasteiger partial charge in [0.1, 0.15) is 0 Å². The predicted molar refractivity (Wildman–Crippen MR) is 70.1 cm³/mol. The molecule has 1 N–H and O–H groups in total. The summed E-state index contributed by atoms with van der Waals surface area (Å²) >= 11 is 9.69. The van der Waals surface area contributed by atoms with Gasteiger partial charge >= 0.3 is 11.9 Å². The van der Waals surface area contributed by atoms with Gasteiger partial charge in [-0.2, -0.15) is 0 Å². The molecule has 0 rings (SSSR count). The lowest BCUT2D eigenvalue weighted by Gasteiger charge is -1.90. The lowest BCUT2D eigenvalue weighted by atomic mass is 10.4. The highest BCUT2D eigenvalue weighted by atomic mass is 35.5. The summed E-state index contributed by atoms with van der Waals surface area (Å²) < 4.78 is 4.55. The van der Waals surface area contributed by atoms with Crippen LogP contribution < -0.4 is 0 Å². The number of halogens is 2. The zero-order valence-corrected chi connectivity index (χ0v) is 11.3. The molecule has 0 aromatic carbocycles. The Morgan fingerprint density at radius 3 is 1.71 bits per heavy atom. The molecule has 0 fully saturated rings. The first-order valence-electron chi connectivity index (χ1n) is 4.36. The van der Waals surface area contributed by atoms with Crippen LogP contribution in [0.15, 0.2) is 35.9 Å². The fraction of sp³-hybridized carbons (Fsp3) is 0.273. The first-order chi connectivity index (χ1) is 7.68. The van der Waals surface area contributed by atoms with E-state index < -0.39 is 5.97 Å². The van der Waals surface area contributed by atoms with Crippen LogP contribution in [0, 0.1) is 0 Å². The van der Waals surface area contributed by atoms with Crippen molar-refractivity contribution < 1.29 is 19.4 Å². The van der Waals surface area contributed by atoms with Crippen LogP contribution in [-0.2, 0) is 14.3 Å². The number of carboxylic acid groups (broad SMARTS) is 1. The molecule has 0 aliphatic heterocycles. The maximum absolute atomic E-state index is 10.1. The molecule has 0 saturated heterocycles. The van der Waals surface area contributed by atoms with Crippen LogP contribution in [0.1, 0.15) is 13.8 Å². The highest BCUT2D eigenvalue weighted by molar-refractivity contribution is 6.55. The fourth-order valence-corrected chi connectivity index (χ4v) is 0.201. The predicted octanol–water partition coefficient (Wildman–Crippen LogP) is 3.32. The molecule has 0 unspecified atom stereocenters. The van der Waals surface area contributed by atoms with E-state index >= 15 is 0 Å². The van der Waals surface area contributed by atoms with Crippen LogP contribution in [0.25, 0.3) is 0 Å². The molecule has 98 valence electrons. The SMILES string of the molecule is C=C(C)C(=O)O.C=C(Cl)Cl.C=CC(=O)OCC. The molecule has 0 radical (unpaired) electrons. The lowest BCUT2D eigenvalue weighted by Crippen LogP contribution is -1.97. The van der Waals surface area contributed by atoms with Crippen LogP contribution in [-0.4, -0.2) is 23.7 Å². The Bertz CT molecular complexity index is 269. The number of ether oxygens (including phenoxy) is 1. The van der Waals surface area contributed by atoms with Gasteiger partial charge in [-0.15, -0.1) is 0 Å². The molecule has 4 nitrogen and oxygen atoms in total. The first-order valence-corrected chi connectivity index (χ1v) is 5.12. The van der Waals surface area contributed by atoms with Gasteiger partial charge in [-0.1, -0.05) is 42.9 Å². The summed E-state index contributed by atoms with van der Waals surface area (Å²) in [7, 11) is 0. The van der Waals surface area contributed by atoms with Gasteiger partial charge in [-0.05, 0) is 13.8 Å². The molecular weight excluding hydrogens is 267 g/mol. The minimum Gasteiger partial charge on any atom is -0.478 e. The highest BCUT2D eigenvalue weighted by Gasteiger charge is 1.90. The van der Waals surface area contributed by atoms with Crippen molar-refractivity contribution in [2.45, 2.75) is 13.8 Å². The Kier molecular flexibility index (Phi) is 18.3. The smallest absolute Gasteiger partial charge is 0.330 e. The Morgan fingerprint density at radius 2 is 1.65 bits per heavy atom. The van der Waals surface area contributed by atoms with Crippen molar-refractivity contribution in [3.05, 3.63) is 35.9 Å². The molecule has 17 heavy (non-hydrogen) atoms. The number of carbonyl (C=O) groups excluding carboxylic acids is 1. The van der Waals surface area contributed by atoms with Crippen LogP contribution in [0.5, 0.6) is 0 Å². The molecule has 0 aromatic rings. The number of esters is 1. The van der Waals surface area contributed by atoms with Crippen molar-refractivity contribution in [1.82, 2.24) is 0 Å². The summed E-state index contributed by atoms with van der Waals surface area (Å²) in [5.74, 6) is -1.29. The van der Waals surface area contributed by atoms with E-state index in [0.717, 1.165) is 6.08 Å². The zero-order chi connectivity index (χ0) is 14.4. The summed E-state index contributed by atoms with van der Waals surface area (Å²) in [6.45, 7) is 13.1. The zero-order valence-electron chi connectivity index (χ0n) is 9.83. The average Bonchev–Trinajstić information content (AvgIpc) is 2.18. The van der Waals surface area contributed by atoms with Crippen LogP contribution >= 0.6 is 23.2 Å². The topological polar surface area (TPSA) is 63.6 Å². The molecule has 0 bridgehead atoms. The van der Waals surface area contributed by atoms with E-state index in [1.807, 2.05) is 0 Å². The Balaban J connectivity index is -0.000000180. The van der Waals surface area contributed by atoms with Crippen molar-refractivity contribution in [1.29, 1.82) is 0 Å². The monoisotopic (exact) mass is 282 g/mol. The summed E-state index contributed by atoms with van der Waals surface area (Å²) in [5, 5.41) is 7.89. The van der Waals surface area contributed by atoms with Gasteiger partial charge in [0.05, 0.1) is 11.1 Å². The molecule has 0 amide bonds. The second kappa shape index (κ2) is 14.7. The molecular formula is C11H16Cl2O4. The minimum absolute atomic E-state index is 0.111. The molecule has 0 aliphatic carbocycles. The molecule has 0 aliphatic rings. The van der Waals surface area contributed by atoms with E-state index in [2.05, 4.69) is 24.5 Å². The van der Waals surface area contributed by atoms with Gasteiger partial charge in [0, 0.05) is 11.6 Å². The quantitative estimate of drug-likeness (QED) is 0.637. The standard InChI is InChI=1S/C5H8O2.C4H6O2.C2H2Cl2/c1-3-5(6)7-4-2;1-3(2)4(5)6;1-2(3)4/h3H,1,4H2,2H3;1H2,2H3,(H,5,6);1H2. The van der Waals surface area contributed by atoms with E-state index in [1.54, 1.807) is 6.92 Å².